The van der Waals surface area contributed by atoms with Crippen LogP contribution in [0.3, 0.4) is 0 Å². The Hall–Kier alpha value is -4.04. The molecule has 3 aromatic heterocycles. The zero-order valence-electron chi connectivity index (χ0n) is 25.0. The molecule has 2 fully saturated rings. The number of amides is 1. The lowest BCUT2D eigenvalue weighted by atomic mass is 9.75. The van der Waals surface area contributed by atoms with Crippen LogP contribution in [0.25, 0.3) is 38.7 Å². The molecule has 0 bridgehead atoms. The second kappa shape index (κ2) is 10.9. The van der Waals surface area contributed by atoms with Crippen LogP contribution in [0.5, 0.6) is 0 Å². The first-order valence-corrected chi connectivity index (χ1v) is 16.3. The van der Waals surface area contributed by atoms with Gasteiger partial charge in [-0.2, -0.15) is 0 Å². The van der Waals surface area contributed by atoms with Gasteiger partial charge in [-0.05, 0) is 93.5 Å². The topological polar surface area (TPSA) is 81.8 Å². The molecule has 2 aromatic carbocycles. The van der Waals surface area contributed by atoms with Crippen LogP contribution in [0.2, 0.25) is 0 Å². The molecule has 0 unspecified atom stereocenters. The Bertz CT molecular complexity index is 1880. The first kappa shape index (κ1) is 27.8. The van der Waals surface area contributed by atoms with Crippen molar-refractivity contribution in [2.24, 2.45) is 7.05 Å². The highest BCUT2D eigenvalue weighted by Gasteiger charge is 2.44. The summed E-state index contributed by atoms with van der Waals surface area (Å²) in [7, 11) is 2.01. The van der Waals surface area contributed by atoms with E-state index in [-0.39, 0.29) is 11.7 Å². The third kappa shape index (κ3) is 4.82. The molecule has 43 heavy (non-hydrogen) atoms. The monoisotopic (exact) mass is 591 g/mol. The molecule has 2 aliphatic carbocycles. The molecule has 2 saturated carbocycles. The van der Waals surface area contributed by atoms with E-state index in [1.165, 1.54) is 48.9 Å². The van der Waals surface area contributed by atoms with E-state index in [4.69, 9.17) is 9.97 Å². The molecule has 3 heterocycles. The Balaban J connectivity index is 1.24. The van der Waals surface area contributed by atoms with Gasteiger partial charge in [0.2, 0.25) is 0 Å². The minimum atomic E-state index is -0.510. The third-order valence-electron chi connectivity index (χ3n) is 9.50. The number of rotatable bonds is 7. The van der Waals surface area contributed by atoms with Gasteiger partial charge in [0, 0.05) is 41.1 Å². The summed E-state index contributed by atoms with van der Waals surface area (Å²) in [6, 6.07) is 12.7. The number of fused-ring (bicyclic) bond motifs is 2. The molecule has 0 aliphatic heterocycles. The van der Waals surface area contributed by atoms with Crippen molar-refractivity contribution < 1.29 is 9.59 Å². The Morgan fingerprint density at radius 2 is 1.86 bits per heavy atom. The quantitative estimate of drug-likeness (QED) is 0.195. The van der Waals surface area contributed by atoms with Crippen molar-refractivity contribution in [3.63, 3.8) is 0 Å². The number of benzene rings is 2. The molecule has 0 saturated heterocycles. The molecule has 0 spiro atoms. The lowest BCUT2D eigenvalue weighted by Gasteiger charge is -2.41. The van der Waals surface area contributed by atoms with E-state index in [1.54, 1.807) is 24.3 Å². The van der Waals surface area contributed by atoms with Gasteiger partial charge >= 0.3 is 0 Å². The van der Waals surface area contributed by atoms with Gasteiger partial charge in [0.15, 0.2) is 5.78 Å². The van der Waals surface area contributed by atoms with E-state index in [9.17, 15) is 9.59 Å². The molecule has 5 aromatic rings. The number of nitrogens with zero attached hydrogens (tertiary/aromatic N) is 4. The second-order valence-electron chi connectivity index (χ2n) is 12.3. The summed E-state index contributed by atoms with van der Waals surface area (Å²) >= 11 is 1.68. The van der Waals surface area contributed by atoms with Crippen LogP contribution in [0.1, 0.15) is 91.6 Å². The van der Waals surface area contributed by atoms with E-state index in [0.29, 0.717) is 11.6 Å². The summed E-state index contributed by atoms with van der Waals surface area (Å²) < 4.78 is 4.61. The molecule has 1 amide bonds. The van der Waals surface area contributed by atoms with E-state index in [0.717, 1.165) is 52.1 Å². The number of aromatic nitrogens is 4. The van der Waals surface area contributed by atoms with Crippen molar-refractivity contribution in [1.29, 1.82) is 0 Å². The standard InChI is InChI=1S/C35H37N5O2S/c1-22(41)10-11-24-12-14-28-30(20-24)39(3)34(37-28)35(16-7-17-35)38-32(42)25-13-15-29-27(21-25)23(2)31(33-36-18-19-43-33)40(29)26-8-5-4-6-9-26/h10-15,18-21,26H,4-9,16-17H2,1-3H3,(H,38,42)/b11-10+. The maximum absolute atomic E-state index is 13.9. The van der Waals surface area contributed by atoms with E-state index >= 15 is 0 Å². The lowest BCUT2D eigenvalue weighted by molar-refractivity contribution is -0.112. The Labute approximate surface area is 255 Å². The van der Waals surface area contributed by atoms with Crippen molar-refractivity contribution in [3.8, 4) is 10.7 Å². The highest BCUT2D eigenvalue weighted by atomic mass is 32.1. The van der Waals surface area contributed by atoms with Crippen LogP contribution >= 0.6 is 11.3 Å². The van der Waals surface area contributed by atoms with Crippen molar-refractivity contribution in [2.75, 3.05) is 0 Å². The zero-order valence-corrected chi connectivity index (χ0v) is 25.8. The Morgan fingerprint density at radius 3 is 2.56 bits per heavy atom. The number of hydrogen-bond donors (Lipinski definition) is 1. The zero-order chi connectivity index (χ0) is 29.7. The number of carbonyl (C=O) groups excluding carboxylic acids is 2. The van der Waals surface area contributed by atoms with Gasteiger partial charge in [-0.25, -0.2) is 9.97 Å². The molecule has 0 radical (unpaired) electrons. The van der Waals surface area contributed by atoms with Crippen LogP contribution in [0.4, 0.5) is 0 Å². The summed E-state index contributed by atoms with van der Waals surface area (Å²) in [5, 5.41) is 7.63. The van der Waals surface area contributed by atoms with Crippen LogP contribution in [-0.2, 0) is 17.4 Å². The number of hydrogen-bond acceptors (Lipinski definition) is 5. The van der Waals surface area contributed by atoms with Crippen molar-refractivity contribution in [1.82, 2.24) is 24.4 Å². The molecule has 7 nitrogen and oxygen atoms in total. The number of carbonyl (C=O) groups is 2. The number of nitrogens with one attached hydrogen (secondary N) is 1. The molecule has 2 aliphatic rings. The fourth-order valence-corrected chi connectivity index (χ4v) is 7.85. The maximum atomic E-state index is 13.9. The summed E-state index contributed by atoms with van der Waals surface area (Å²) in [5.41, 5.74) is 6.55. The number of aryl methyl sites for hydroxylation is 2. The van der Waals surface area contributed by atoms with E-state index < -0.39 is 5.54 Å². The van der Waals surface area contributed by atoms with E-state index in [2.05, 4.69) is 33.5 Å². The minimum Gasteiger partial charge on any atom is -0.339 e. The SMILES string of the molecule is CC(=O)/C=C/c1ccc2nc(C3(NC(=O)c4ccc5c(c4)c(C)c(-c4nccs4)n5C4CCCCC4)CCC3)n(C)c2c1. The summed E-state index contributed by atoms with van der Waals surface area (Å²) in [6.45, 7) is 3.72. The fourth-order valence-electron chi connectivity index (χ4n) is 7.12. The highest BCUT2D eigenvalue weighted by Crippen LogP contribution is 2.43. The highest BCUT2D eigenvalue weighted by molar-refractivity contribution is 7.13. The summed E-state index contributed by atoms with van der Waals surface area (Å²) in [4.78, 5) is 35.1. The lowest BCUT2D eigenvalue weighted by Crippen LogP contribution is -2.52. The summed E-state index contributed by atoms with van der Waals surface area (Å²) in [5.74, 6) is 0.821. The largest absolute Gasteiger partial charge is 0.339 e. The number of allylic oxidation sites excluding steroid dienone is 1. The van der Waals surface area contributed by atoms with Gasteiger partial charge in [0.1, 0.15) is 10.8 Å². The Kier molecular flexibility index (Phi) is 7.04. The minimum absolute atomic E-state index is 0.0141. The maximum Gasteiger partial charge on any atom is 0.252 e. The molecule has 0 atom stereocenters. The molecule has 8 heteroatoms. The average molecular weight is 592 g/mol. The van der Waals surface area contributed by atoms with Crippen molar-refractivity contribution in [3.05, 3.63) is 76.6 Å². The number of ketones is 1. The molecular weight excluding hydrogens is 554 g/mol. The first-order chi connectivity index (χ1) is 20.8. The molecular formula is C35H37N5O2S. The molecule has 220 valence electrons. The van der Waals surface area contributed by atoms with Gasteiger partial charge in [-0.15, -0.1) is 11.3 Å². The normalized spacial score (nSPS) is 17.1. The van der Waals surface area contributed by atoms with Crippen LogP contribution in [0.15, 0.2) is 54.1 Å². The van der Waals surface area contributed by atoms with Gasteiger partial charge in [0.25, 0.3) is 5.91 Å². The molecule has 7 rings (SSSR count). The predicted octanol–water partition coefficient (Wildman–Crippen LogP) is 7.88. The van der Waals surface area contributed by atoms with Gasteiger partial charge in [-0.1, -0.05) is 31.4 Å². The fraction of sp³-hybridized carbons (Fsp3) is 0.371. The third-order valence-corrected chi connectivity index (χ3v) is 10.3. The van der Waals surface area contributed by atoms with E-state index in [1.807, 2.05) is 49.0 Å². The smallest absolute Gasteiger partial charge is 0.252 e. The summed E-state index contributed by atoms with van der Waals surface area (Å²) in [6.07, 6.45) is 14.2. The Morgan fingerprint density at radius 1 is 1.05 bits per heavy atom. The van der Waals surface area contributed by atoms with Crippen LogP contribution < -0.4 is 5.32 Å². The van der Waals surface area contributed by atoms with Gasteiger partial charge < -0.3 is 14.5 Å². The van der Waals surface area contributed by atoms with Crippen molar-refractivity contribution >= 4 is 51.0 Å². The second-order valence-corrected chi connectivity index (χ2v) is 13.2. The molecule has 1 N–H and O–H groups in total. The van der Waals surface area contributed by atoms with Crippen LogP contribution in [0, 0.1) is 6.92 Å². The van der Waals surface area contributed by atoms with Gasteiger partial charge in [0.05, 0.1) is 22.3 Å². The van der Waals surface area contributed by atoms with Gasteiger partial charge in [-0.3, -0.25) is 9.59 Å². The number of imidazole rings is 1. The average Bonchev–Trinajstić information content (AvgIpc) is 3.71. The first-order valence-electron chi connectivity index (χ1n) is 15.4. The van der Waals surface area contributed by atoms with Crippen molar-refractivity contribution in [2.45, 2.75) is 76.8 Å². The predicted molar refractivity (Wildman–Crippen MR) is 173 cm³/mol. The van der Waals surface area contributed by atoms with Crippen LogP contribution in [-0.4, -0.2) is 30.8 Å². The number of thiazole rings is 1.